The molecule has 0 unspecified atom stereocenters. The van der Waals surface area contributed by atoms with Crippen molar-refractivity contribution < 1.29 is 0 Å². The molecule has 0 aromatic heterocycles. The molecule has 0 heterocycles. The lowest BCUT2D eigenvalue weighted by atomic mass is 10.0. The lowest BCUT2D eigenvalue weighted by Crippen LogP contribution is -1.82. The molecule has 0 fully saturated rings. The van der Waals surface area contributed by atoms with Crippen LogP contribution in [-0.4, -0.2) is 0 Å². The third-order valence-corrected chi connectivity index (χ3v) is 3.46. The zero-order chi connectivity index (χ0) is 11.9. The maximum Gasteiger partial charge on any atom is -0.0533 e. The van der Waals surface area contributed by atoms with Crippen molar-refractivity contribution in [2.75, 3.05) is 0 Å². The van der Waals surface area contributed by atoms with E-state index in [9.17, 15) is 0 Å². The second-order valence-corrected chi connectivity index (χ2v) is 5.24. The third-order valence-electron chi connectivity index (χ3n) is 3.46. The van der Waals surface area contributed by atoms with Gasteiger partial charge in [-0.3, -0.25) is 0 Å². The average Bonchev–Trinajstić information content (AvgIpc) is 2.31. The van der Waals surface area contributed by atoms with Gasteiger partial charge < -0.3 is 6.15 Å². The molecule has 18 heavy (non-hydrogen) atoms. The zero-order valence-electron chi connectivity index (χ0n) is 13.0. The van der Waals surface area contributed by atoms with E-state index < -0.39 is 0 Å². The minimum atomic E-state index is 0. The largest absolute Gasteiger partial charge is 0.344 e. The van der Waals surface area contributed by atoms with Gasteiger partial charge in [-0.2, -0.15) is 0 Å². The van der Waals surface area contributed by atoms with Crippen LogP contribution in [0.2, 0.25) is 0 Å². The van der Waals surface area contributed by atoms with Gasteiger partial charge >= 0.3 is 0 Å². The van der Waals surface area contributed by atoms with Crippen LogP contribution in [0.25, 0.3) is 0 Å². The summed E-state index contributed by atoms with van der Waals surface area (Å²) in [6.45, 7) is 4.58. The van der Waals surface area contributed by atoms with E-state index in [1.165, 1.54) is 89.9 Å². The summed E-state index contributed by atoms with van der Waals surface area (Å²) in [7, 11) is 0. The van der Waals surface area contributed by atoms with Crippen LogP contribution in [0.3, 0.4) is 0 Å². The minimum absolute atomic E-state index is 0. The Kier molecular flexibility index (Phi) is 29.1. The molecule has 0 spiro atoms. The van der Waals surface area contributed by atoms with Gasteiger partial charge in [-0.05, 0) is 0 Å². The molecule has 2 heteroatoms. The summed E-state index contributed by atoms with van der Waals surface area (Å²) in [5.41, 5.74) is 0. The highest BCUT2D eigenvalue weighted by Gasteiger charge is 1.92. The summed E-state index contributed by atoms with van der Waals surface area (Å²) in [6.07, 6.45) is 20.4. The van der Waals surface area contributed by atoms with Gasteiger partial charge in [0.25, 0.3) is 0 Å². The van der Waals surface area contributed by atoms with Crippen LogP contribution in [0.1, 0.15) is 104 Å². The van der Waals surface area contributed by atoms with E-state index in [0.717, 1.165) is 0 Å². The first-order chi connectivity index (χ1) is 7.91. The predicted molar refractivity (Wildman–Crippen MR) is 88.3 cm³/mol. The van der Waals surface area contributed by atoms with Crippen molar-refractivity contribution in [3.8, 4) is 0 Å². The standard InChI is InChI=1S/C16H34.ClH.H3N/c1-3-5-7-9-11-13-15-16-14-12-10-8-6-4-2;;/h3-16H2,1-2H3;1H;1H3. The maximum absolute atomic E-state index is 2.29. The molecular formula is C16H38ClN. The molecule has 0 radical (unpaired) electrons. The fourth-order valence-corrected chi connectivity index (χ4v) is 2.27. The van der Waals surface area contributed by atoms with E-state index in [1.54, 1.807) is 0 Å². The topological polar surface area (TPSA) is 35.0 Å². The molecule has 114 valence electrons. The Morgan fingerprint density at radius 1 is 0.389 bits per heavy atom. The van der Waals surface area contributed by atoms with Crippen molar-refractivity contribution >= 4 is 12.4 Å². The molecule has 0 saturated heterocycles. The molecule has 0 aliphatic carbocycles. The first kappa shape index (κ1) is 23.4. The zero-order valence-corrected chi connectivity index (χ0v) is 13.8. The normalized spacial score (nSPS) is 9.67. The van der Waals surface area contributed by atoms with Crippen LogP contribution in [0.5, 0.6) is 0 Å². The lowest BCUT2D eigenvalue weighted by molar-refractivity contribution is 0.538. The van der Waals surface area contributed by atoms with Crippen molar-refractivity contribution in [1.82, 2.24) is 6.15 Å². The Bertz CT molecular complexity index is 104. The van der Waals surface area contributed by atoms with E-state index in [1.807, 2.05) is 0 Å². The molecule has 1 nitrogen and oxygen atoms in total. The fourth-order valence-electron chi connectivity index (χ4n) is 2.27. The van der Waals surface area contributed by atoms with Crippen molar-refractivity contribution in [2.45, 2.75) is 104 Å². The number of halogens is 1. The number of rotatable bonds is 13. The third kappa shape index (κ3) is 21.5. The highest BCUT2D eigenvalue weighted by Crippen LogP contribution is 2.12. The molecule has 0 aromatic rings. The van der Waals surface area contributed by atoms with E-state index in [-0.39, 0.29) is 18.6 Å². The van der Waals surface area contributed by atoms with Crippen LogP contribution in [0.4, 0.5) is 0 Å². The molecule has 0 aliphatic heterocycles. The van der Waals surface area contributed by atoms with E-state index in [2.05, 4.69) is 13.8 Å². The van der Waals surface area contributed by atoms with Gasteiger partial charge in [0.2, 0.25) is 0 Å². The quantitative estimate of drug-likeness (QED) is 0.359. The Morgan fingerprint density at radius 3 is 0.722 bits per heavy atom. The summed E-state index contributed by atoms with van der Waals surface area (Å²) in [6, 6.07) is 0. The van der Waals surface area contributed by atoms with Crippen molar-refractivity contribution in [1.29, 1.82) is 0 Å². The van der Waals surface area contributed by atoms with Crippen LogP contribution in [-0.2, 0) is 0 Å². The van der Waals surface area contributed by atoms with Crippen molar-refractivity contribution in [3.63, 3.8) is 0 Å². The smallest absolute Gasteiger partial charge is 0.0533 e. The van der Waals surface area contributed by atoms with Crippen LogP contribution in [0.15, 0.2) is 0 Å². The second-order valence-electron chi connectivity index (χ2n) is 5.24. The maximum atomic E-state index is 2.29. The van der Waals surface area contributed by atoms with E-state index in [4.69, 9.17) is 0 Å². The first-order valence-electron chi connectivity index (χ1n) is 7.91. The summed E-state index contributed by atoms with van der Waals surface area (Å²) in [4.78, 5) is 0. The lowest BCUT2D eigenvalue weighted by Gasteiger charge is -2.02. The van der Waals surface area contributed by atoms with E-state index >= 15 is 0 Å². The summed E-state index contributed by atoms with van der Waals surface area (Å²) in [5, 5.41) is 0. The number of hydrogen-bond acceptors (Lipinski definition) is 1. The van der Waals surface area contributed by atoms with E-state index in [0.29, 0.717) is 0 Å². The molecule has 0 aliphatic rings. The molecule has 0 bridgehead atoms. The number of unbranched alkanes of at least 4 members (excludes halogenated alkanes) is 13. The monoisotopic (exact) mass is 279 g/mol. The average molecular weight is 280 g/mol. The Labute approximate surface area is 123 Å². The Morgan fingerprint density at radius 2 is 0.556 bits per heavy atom. The minimum Gasteiger partial charge on any atom is -0.344 e. The van der Waals surface area contributed by atoms with Gasteiger partial charge in [-0.15, -0.1) is 12.4 Å². The molecule has 0 saturated carbocycles. The van der Waals surface area contributed by atoms with Crippen molar-refractivity contribution in [3.05, 3.63) is 0 Å². The predicted octanol–water partition coefficient (Wildman–Crippen LogP) is 7.07. The fraction of sp³-hybridized carbons (Fsp3) is 1.00. The number of hydrogen-bond donors (Lipinski definition) is 1. The van der Waals surface area contributed by atoms with Gasteiger partial charge in [-0.1, -0.05) is 104 Å². The van der Waals surface area contributed by atoms with Gasteiger partial charge in [0.15, 0.2) is 0 Å². The SMILES string of the molecule is CCCCCCCCCCCCCCCC.Cl.N. The van der Waals surface area contributed by atoms with Gasteiger partial charge in [-0.25, -0.2) is 0 Å². The Hall–Kier alpha value is 0.250. The van der Waals surface area contributed by atoms with Crippen LogP contribution < -0.4 is 6.15 Å². The molecule has 0 rings (SSSR count). The molecule has 0 aromatic carbocycles. The molecule has 0 amide bonds. The highest BCUT2D eigenvalue weighted by atomic mass is 35.5. The summed E-state index contributed by atoms with van der Waals surface area (Å²) >= 11 is 0. The highest BCUT2D eigenvalue weighted by molar-refractivity contribution is 5.85. The molecule has 3 N–H and O–H groups in total. The second kappa shape index (κ2) is 22.4. The van der Waals surface area contributed by atoms with Gasteiger partial charge in [0, 0.05) is 0 Å². The summed E-state index contributed by atoms with van der Waals surface area (Å²) in [5.74, 6) is 0. The Balaban J connectivity index is -0.00000112. The summed E-state index contributed by atoms with van der Waals surface area (Å²) < 4.78 is 0. The van der Waals surface area contributed by atoms with Gasteiger partial charge in [0.1, 0.15) is 0 Å². The van der Waals surface area contributed by atoms with Crippen LogP contribution >= 0.6 is 12.4 Å². The van der Waals surface area contributed by atoms with Crippen molar-refractivity contribution in [2.24, 2.45) is 0 Å². The van der Waals surface area contributed by atoms with Gasteiger partial charge in [0.05, 0.1) is 0 Å². The first-order valence-corrected chi connectivity index (χ1v) is 7.91. The molecular weight excluding hydrogens is 242 g/mol. The van der Waals surface area contributed by atoms with Crippen LogP contribution in [0, 0.1) is 0 Å². The molecule has 0 atom stereocenters.